The molecule has 21 heteroatoms. The Bertz CT molecular complexity index is 5830. The Kier molecular flexibility index (Phi) is 33.4. The highest BCUT2D eigenvalue weighted by molar-refractivity contribution is 9.10. The molecule has 4 atom stereocenters. The molecule has 12 aromatic rings. The number of aryl methyl sites for hydroxylation is 2. The second kappa shape index (κ2) is 44.7. The van der Waals surface area contributed by atoms with E-state index >= 15 is 0 Å². The zero-order chi connectivity index (χ0) is 87.4. The number of hydrogen-bond donors (Lipinski definition) is 6. The van der Waals surface area contributed by atoms with Crippen LogP contribution in [-0.4, -0.2) is 125 Å². The molecule has 0 amide bonds. The second-order valence-corrected chi connectivity index (χ2v) is 31.2. The number of phenols is 5. The van der Waals surface area contributed by atoms with Crippen LogP contribution < -0.4 is 29.7 Å². The van der Waals surface area contributed by atoms with Crippen LogP contribution in [0, 0.1) is 44.0 Å². The van der Waals surface area contributed by atoms with Gasteiger partial charge in [0.1, 0.15) is 76.6 Å². The topological polar surface area (TPSA) is 255 Å². The zero-order valence-corrected chi connectivity index (χ0v) is 71.4. The van der Waals surface area contributed by atoms with Crippen LogP contribution in [0.5, 0.6) is 51.7 Å². The Balaban J connectivity index is 0.000000150. The van der Waals surface area contributed by atoms with Gasteiger partial charge in [0.05, 0.1) is 42.9 Å². The average molecular weight is 1740 g/mol. The van der Waals surface area contributed by atoms with E-state index in [9.17, 15) is 49.5 Å². The monoisotopic (exact) mass is 1730 g/mol. The number of hydrogen-bond acceptors (Lipinski definition) is 19. The minimum atomic E-state index is -0.937. The normalized spacial score (nSPS) is 14.5. The summed E-state index contributed by atoms with van der Waals surface area (Å²) in [4.78, 5) is 66.6. The summed E-state index contributed by atoms with van der Waals surface area (Å²) in [5.74, 6) is 7.65. The van der Waals surface area contributed by atoms with Crippen LogP contribution in [0.1, 0.15) is 113 Å². The number of phenolic OH excluding ortho intramolecular Hbond substituents is 5. The van der Waals surface area contributed by atoms with Gasteiger partial charge in [-0.05, 0) is 200 Å². The minimum absolute atomic E-state index is 0.0189. The van der Waals surface area contributed by atoms with Crippen molar-refractivity contribution in [1.29, 1.82) is 0 Å². The zero-order valence-electron chi connectivity index (χ0n) is 68.2. The first-order chi connectivity index (χ1) is 58.8. The molecule has 622 valence electrons. The molecule has 10 aromatic carbocycles. The molecular weight excluding hydrogens is 1640 g/mol. The number of esters is 1. The van der Waals surface area contributed by atoms with Gasteiger partial charge >= 0.3 is 5.97 Å². The summed E-state index contributed by atoms with van der Waals surface area (Å²) in [5.41, 5.74) is 11.7. The number of halogens is 2. The number of fused-ring (bicyclic) bond motifs is 5. The lowest BCUT2D eigenvalue weighted by Gasteiger charge is -2.22. The average Bonchev–Trinajstić information content (AvgIpc) is 1.74. The Morgan fingerprint density at radius 2 is 1.31 bits per heavy atom. The van der Waals surface area contributed by atoms with E-state index in [4.69, 9.17) is 54.2 Å². The van der Waals surface area contributed by atoms with Gasteiger partial charge in [-0.3, -0.25) is 39.1 Å². The Morgan fingerprint density at radius 3 is 1.93 bits per heavy atom. The number of Topliss-reactive ketones (excluding diaryl/α,β-unsaturated/α-hetero) is 2. The maximum atomic E-state index is 12.5. The van der Waals surface area contributed by atoms with Gasteiger partial charge in [0.25, 0.3) is 0 Å². The van der Waals surface area contributed by atoms with E-state index in [0.717, 1.165) is 50.5 Å². The van der Waals surface area contributed by atoms with E-state index in [1.54, 1.807) is 103 Å². The Hall–Kier alpha value is -13.2. The number of thiophene rings is 1. The van der Waals surface area contributed by atoms with Crippen molar-refractivity contribution < 1.29 is 68.1 Å². The number of carbonyl (C=O) groups is 4. The van der Waals surface area contributed by atoms with Gasteiger partial charge in [-0.2, -0.15) is 0 Å². The van der Waals surface area contributed by atoms with Gasteiger partial charge in [0, 0.05) is 79.7 Å². The number of allylic oxidation sites excluding steroid dienone is 2. The molecule has 2 aliphatic carbocycles. The number of benzene rings is 10. The van der Waals surface area contributed by atoms with Crippen LogP contribution in [0.25, 0.3) is 34.2 Å². The number of likely N-dealkylation sites (N-methyl/N-ethyl adjacent to an activating group) is 2. The number of rotatable bonds is 17. The molecular formula is C101H93BrClN3O15S. The highest BCUT2D eigenvalue weighted by Gasteiger charge is 2.38. The SMILES string of the molecule is C#CCN(C)[C@@H](C)Cc1ccccc1.C#CCN(C)[C@H](C)Cc1ccccc1.C#CCN[C@@H]1CCc2ccccc21.COc1ccc(-c2coc3cc(O)cc(O)c3c2=O)cc1.Cc1ccc(C2C(=O)Oc3cc(O)ccc3C2=O)cc1.O=C(/C=C/c1cc(Cl)c2c(c1)OCCO2)c1ccc(O)cc1.O=C1/C(=C/c2cc(Br)cs2)Cc2c(O)cccc21. The highest BCUT2D eigenvalue weighted by atomic mass is 79.9. The lowest BCUT2D eigenvalue weighted by molar-refractivity contribution is -0.135. The molecule has 0 radical (unpaired) electrons. The van der Waals surface area contributed by atoms with Gasteiger partial charge in [0.15, 0.2) is 28.8 Å². The molecule has 0 saturated carbocycles. The molecule has 16 rings (SSSR count). The standard InChI is InChI=1S/C17H13ClO4.C16H12O5.C16H12O4.C14H9BrO2S.2C13H17N.C12H13N/c18-14-9-11(10-16-17(14)22-8-7-21-16)1-6-15(20)12-2-4-13(19)5-3-12;1-20-11-4-2-9(3-5-11)12-8-21-14-7-10(17)6-13(18)15(14)16(12)19;1-9-2-4-10(5-3-9)14-15(18)12-7-6-11(17)8-13(12)20-16(14)19;15-9-6-10(18-7-9)4-8-5-12-11(14(8)17)2-1-3-13(12)16;2*1-4-10-14(3)12(2)11-13-8-6-5-7-9-13;1-2-9-13-12-8-7-10-5-3-4-6-11(10)12/h1-6,9-10,19H,7-8H2;2-8,17-18H,1H3;2-8,14,17H,1H3;1-4,6-7,16H,5H2;2*1,5-9,12H,10-11H2,2-3H3;1,3-6,12-13H,7-9H2/b6-1+;;;8-4+;;;/t;;;;3*12-/m....101/s1. The van der Waals surface area contributed by atoms with Crippen LogP contribution in [0.2, 0.25) is 5.02 Å². The highest BCUT2D eigenvalue weighted by Crippen LogP contribution is 2.41. The van der Waals surface area contributed by atoms with Crippen molar-refractivity contribution >= 4 is 85.3 Å². The van der Waals surface area contributed by atoms with Crippen molar-refractivity contribution in [3.05, 3.63) is 334 Å². The molecule has 2 aliphatic heterocycles. The molecule has 4 heterocycles. The number of terminal acetylenes is 3. The van der Waals surface area contributed by atoms with Crippen molar-refractivity contribution in [2.24, 2.45) is 0 Å². The molecule has 1 unspecified atom stereocenters. The number of aromatic hydroxyl groups is 5. The quantitative estimate of drug-likeness (QED) is 0.0124. The molecule has 4 aliphatic rings. The van der Waals surface area contributed by atoms with E-state index in [1.807, 2.05) is 48.7 Å². The number of ether oxygens (including phenoxy) is 4. The van der Waals surface area contributed by atoms with Gasteiger partial charge in [-0.1, -0.05) is 174 Å². The molecule has 2 aromatic heterocycles. The van der Waals surface area contributed by atoms with Gasteiger partial charge in [-0.25, -0.2) is 0 Å². The van der Waals surface area contributed by atoms with E-state index in [0.29, 0.717) is 113 Å². The molecule has 6 N–H and O–H groups in total. The summed E-state index contributed by atoms with van der Waals surface area (Å²) in [5, 5.41) is 53.4. The summed E-state index contributed by atoms with van der Waals surface area (Å²) in [6.07, 6.45) is 27.1. The van der Waals surface area contributed by atoms with Crippen LogP contribution in [0.3, 0.4) is 0 Å². The van der Waals surface area contributed by atoms with Crippen molar-refractivity contribution in [3.63, 3.8) is 0 Å². The third-order valence-electron chi connectivity index (χ3n) is 20.3. The van der Waals surface area contributed by atoms with Crippen molar-refractivity contribution in [2.45, 2.75) is 76.9 Å². The third-order valence-corrected chi connectivity index (χ3v) is 22.2. The fourth-order valence-corrected chi connectivity index (χ4v) is 15.1. The predicted molar refractivity (Wildman–Crippen MR) is 486 cm³/mol. The summed E-state index contributed by atoms with van der Waals surface area (Å²) < 4.78 is 27.5. The van der Waals surface area contributed by atoms with E-state index in [2.05, 4.69) is 150 Å². The van der Waals surface area contributed by atoms with Gasteiger partial charge < -0.3 is 48.9 Å². The summed E-state index contributed by atoms with van der Waals surface area (Å²) in [6, 6.07) is 68.4. The number of methoxy groups -OCH3 is 1. The lowest BCUT2D eigenvalue weighted by Crippen LogP contribution is -2.31. The summed E-state index contributed by atoms with van der Waals surface area (Å²) >= 11 is 11.1. The first-order valence-corrected chi connectivity index (χ1v) is 41.2. The fourth-order valence-electron chi connectivity index (χ4n) is 13.5. The Morgan fingerprint density at radius 1 is 0.672 bits per heavy atom. The van der Waals surface area contributed by atoms with Crippen LogP contribution in [0.15, 0.2) is 261 Å². The molecule has 122 heavy (non-hydrogen) atoms. The lowest BCUT2D eigenvalue weighted by atomic mass is 9.88. The summed E-state index contributed by atoms with van der Waals surface area (Å²) in [6.45, 7) is 9.38. The molecule has 18 nitrogen and oxygen atoms in total. The van der Waals surface area contributed by atoms with Crippen LogP contribution >= 0.6 is 38.9 Å². The largest absolute Gasteiger partial charge is 0.508 e. The van der Waals surface area contributed by atoms with Crippen LogP contribution in [-0.2, 0) is 30.5 Å². The van der Waals surface area contributed by atoms with Crippen LogP contribution in [0.4, 0.5) is 0 Å². The Labute approximate surface area is 728 Å². The predicted octanol–water partition coefficient (Wildman–Crippen LogP) is 19.5. The van der Waals surface area contributed by atoms with E-state index < -0.39 is 11.9 Å². The maximum absolute atomic E-state index is 12.5. The second-order valence-electron chi connectivity index (χ2n) is 29.0. The van der Waals surface area contributed by atoms with Crippen molar-refractivity contribution in [1.82, 2.24) is 15.1 Å². The number of nitrogens with one attached hydrogen (secondary N) is 1. The number of nitrogens with zero attached hydrogens (tertiary/aromatic N) is 2. The smallest absolute Gasteiger partial charge is 0.326 e. The van der Waals surface area contributed by atoms with E-state index in [1.165, 1.54) is 83.8 Å². The summed E-state index contributed by atoms with van der Waals surface area (Å²) in [7, 11) is 5.69. The fraction of sp³-hybridized carbons (Fsp3) is 0.198. The first kappa shape index (κ1) is 91.1. The van der Waals surface area contributed by atoms with E-state index in [-0.39, 0.29) is 68.2 Å². The van der Waals surface area contributed by atoms with Gasteiger partial charge in [-0.15, -0.1) is 30.6 Å². The third kappa shape index (κ3) is 25.2. The molecule has 0 saturated heterocycles. The van der Waals surface area contributed by atoms with Crippen molar-refractivity contribution in [3.8, 4) is 99.9 Å². The first-order valence-electron chi connectivity index (χ1n) is 39.1. The van der Waals surface area contributed by atoms with Crippen molar-refractivity contribution in [2.75, 3.05) is 54.1 Å². The maximum Gasteiger partial charge on any atom is 0.326 e. The molecule has 0 fully saturated rings. The van der Waals surface area contributed by atoms with Gasteiger partial charge in [0.2, 0.25) is 5.43 Å². The number of ketones is 3. The molecule has 0 bridgehead atoms. The minimum Gasteiger partial charge on any atom is -0.508 e. The number of carbonyl (C=O) groups excluding carboxylic acids is 4. The molecule has 0 spiro atoms.